The zero-order chi connectivity index (χ0) is 9.16. The predicted molar refractivity (Wildman–Crippen MR) is 38.1 cm³/mol. The van der Waals surface area contributed by atoms with E-state index in [4.69, 9.17) is 4.74 Å². The Morgan fingerprint density at radius 3 is 2.77 bits per heavy atom. The van der Waals surface area contributed by atoms with Crippen molar-refractivity contribution in [2.75, 3.05) is 0 Å². The number of carbonyl (C=O) groups is 3. The van der Waals surface area contributed by atoms with E-state index in [0.717, 1.165) is 0 Å². The van der Waals surface area contributed by atoms with Gasteiger partial charge in [0, 0.05) is 6.08 Å². The minimum atomic E-state index is -0.864. The van der Waals surface area contributed by atoms with Gasteiger partial charge < -0.3 is 4.74 Å². The Morgan fingerprint density at radius 2 is 2.00 bits per heavy atom. The summed E-state index contributed by atoms with van der Waals surface area (Å²) in [5, 5.41) is 2.12. The highest BCUT2D eigenvalue weighted by atomic mass is 16.5. The molecule has 0 aromatic heterocycles. The number of carbonyl (C=O) groups excluding carboxylic acids is 3. The molecule has 1 atom stereocenters. The number of hydrogen-bond acceptors (Lipinski definition) is 4. The molecule has 13 heavy (non-hydrogen) atoms. The monoisotopic (exact) mass is 177 g/mol. The molecule has 2 amide bonds. The molecule has 2 bridgehead atoms. The van der Waals surface area contributed by atoms with Gasteiger partial charge in [-0.1, -0.05) is 0 Å². The van der Waals surface area contributed by atoms with Crippen molar-refractivity contribution in [1.82, 2.24) is 5.32 Å². The molecule has 5 nitrogen and oxygen atoms in total. The zero-order valence-electron chi connectivity index (χ0n) is 6.29. The summed E-state index contributed by atoms with van der Waals surface area (Å²) in [6.07, 6.45) is 0.387. The van der Waals surface area contributed by atoms with Gasteiger partial charge >= 0.3 is 0 Å². The maximum Gasteiger partial charge on any atom is 0.262 e. The van der Waals surface area contributed by atoms with Crippen molar-refractivity contribution in [2.24, 2.45) is 0 Å². The van der Waals surface area contributed by atoms with E-state index in [9.17, 15) is 14.4 Å². The van der Waals surface area contributed by atoms with Gasteiger partial charge in [-0.05, 0) is 0 Å². The SMILES string of the molecule is O=C1NC(=O)C2=C1C1=CC(=O)C2O1. The highest BCUT2D eigenvalue weighted by molar-refractivity contribution is 6.27. The molecule has 3 aliphatic rings. The Balaban J connectivity index is 2.26. The molecule has 64 valence electrons. The van der Waals surface area contributed by atoms with Crippen molar-refractivity contribution in [1.29, 1.82) is 0 Å². The Hall–Kier alpha value is -1.91. The molecule has 0 aliphatic carbocycles. The van der Waals surface area contributed by atoms with Gasteiger partial charge in [0.25, 0.3) is 11.8 Å². The first-order valence-corrected chi connectivity index (χ1v) is 3.71. The highest BCUT2D eigenvalue weighted by Crippen LogP contribution is 2.38. The second kappa shape index (κ2) is 1.71. The molecule has 0 spiro atoms. The number of imide groups is 1. The molecular formula is C8H3NO4. The summed E-state index contributed by atoms with van der Waals surface area (Å²) in [6, 6.07) is 0. The third-order valence-electron chi connectivity index (χ3n) is 2.25. The third-order valence-corrected chi connectivity index (χ3v) is 2.25. The quantitative estimate of drug-likeness (QED) is 0.472. The second-order valence-electron chi connectivity index (χ2n) is 2.98. The third kappa shape index (κ3) is 0.568. The van der Waals surface area contributed by atoms with Crippen molar-refractivity contribution in [3.05, 3.63) is 23.0 Å². The van der Waals surface area contributed by atoms with E-state index >= 15 is 0 Å². The lowest BCUT2D eigenvalue weighted by Gasteiger charge is -2.04. The summed E-state index contributed by atoms with van der Waals surface area (Å²) >= 11 is 0. The molecule has 0 saturated carbocycles. The Kier molecular flexibility index (Phi) is 0.866. The van der Waals surface area contributed by atoms with Crippen LogP contribution in [0.15, 0.2) is 23.0 Å². The molecule has 0 radical (unpaired) electrons. The summed E-state index contributed by atoms with van der Waals surface area (Å²) in [7, 11) is 0. The highest BCUT2D eigenvalue weighted by Gasteiger charge is 2.50. The fourth-order valence-electron chi connectivity index (χ4n) is 1.72. The smallest absolute Gasteiger partial charge is 0.262 e. The van der Waals surface area contributed by atoms with Gasteiger partial charge in [0.1, 0.15) is 5.76 Å². The van der Waals surface area contributed by atoms with Crippen LogP contribution in [0.2, 0.25) is 0 Å². The number of hydrogen-bond donors (Lipinski definition) is 1. The van der Waals surface area contributed by atoms with E-state index in [0.29, 0.717) is 0 Å². The predicted octanol–water partition coefficient (Wildman–Crippen LogP) is -1.20. The van der Waals surface area contributed by atoms with Gasteiger partial charge in [0.15, 0.2) is 6.10 Å². The van der Waals surface area contributed by atoms with Crippen LogP contribution in [0.4, 0.5) is 0 Å². The molecule has 0 aromatic rings. The van der Waals surface area contributed by atoms with Crippen LogP contribution < -0.4 is 5.32 Å². The lowest BCUT2D eigenvalue weighted by atomic mass is 9.99. The standard InChI is InChI=1S/C8H3NO4/c10-2-1-3-4-5(6(2)13-3)8(12)9-7(4)11/h1,6H,(H,9,11,12). The van der Waals surface area contributed by atoms with Gasteiger partial charge in [-0.25, -0.2) is 0 Å². The fourth-order valence-corrected chi connectivity index (χ4v) is 1.72. The van der Waals surface area contributed by atoms with Gasteiger partial charge in [-0.3, -0.25) is 19.7 Å². The maximum atomic E-state index is 11.2. The van der Waals surface area contributed by atoms with Crippen molar-refractivity contribution >= 4 is 17.6 Å². The van der Waals surface area contributed by atoms with E-state index in [-0.39, 0.29) is 22.7 Å². The first-order chi connectivity index (χ1) is 6.18. The molecule has 3 rings (SSSR count). The summed E-state index contributed by atoms with van der Waals surface area (Å²) in [5.41, 5.74) is 0.405. The van der Waals surface area contributed by atoms with Crippen LogP contribution in [0.25, 0.3) is 0 Å². The van der Waals surface area contributed by atoms with E-state index in [1.54, 1.807) is 0 Å². The van der Waals surface area contributed by atoms with Gasteiger partial charge in [0.05, 0.1) is 11.1 Å². The zero-order valence-corrected chi connectivity index (χ0v) is 6.29. The fraction of sp³-hybridized carbons (Fsp3) is 0.125. The molecule has 0 saturated heterocycles. The lowest BCUT2D eigenvalue weighted by molar-refractivity contribution is -0.127. The van der Waals surface area contributed by atoms with Crippen LogP contribution in [0.1, 0.15) is 0 Å². The van der Waals surface area contributed by atoms with Gasteiger partial charge in [-0.15, -0.1) is 0 Å². The first kappa shape index (κ1) is 6.59. The molecule has 1 N–H and O–H groups in total. The normalized spacial score (nSPS) is 29.1. The molecule has 3 heterocycles. The van der Waals surface area contributed by atoms with E-state index < -0.39 is 17.9 Å². The summed E-state index contributed by atoms with van der Waals surface area (Å²) in [4.78, 5) is 33.4. The minimum Gasteiger partial charge on any atom is -0.476 e. The number of rotatable bonds is 0. The number of ether oxygens (including phenoxy) is 1. The summed E-state index contributed by atoms with van der Waals surface area (Å²) in [5.74, 6) is -1.02. The lowest BCUT2D eigenvalue weighted by Crippen LogP contribution is -2.29. The largest absolute Gasteiger partial charge is 0.476 e. The second-order valence-corrected chi connectivity index (χ2v) is 2.98. The molecule has 1 unspecified atom stereocenters. The van der Waals surface area contributed by atoms with Crippen LogP contribution >= 0.6 is 0 Å². The van der Waals surface area contributed by atoms with Crippen molar-refractivity contribution < 1.29 is 19.1 Å². The van der Waals surface area contributed by atoms with Crippen LogP contribution in [0.5, 0.6) is 0 Å². The Bertz CT molecular complexity index is 443. The van der Waals surface area contributed by atoms with Crippen LogP contribution in [-0.2, 0) is 19.1 Å². The summed E-state index contributed by atoms with van der Waals surface area (Å²) < 4.78 is 5.05. The number of ketones is 1. The van der Waals surface area contributed by atoms with E-state index in [1.807, 2.05) is 0 Å². The molecule has 0 fully saturated rings. The number of fused-ring (bicyclic) bond motifs is 4. The van der Waals surface area contributed by atoms with Crippen LogP contribution in [0.3, 0.4) is 0 Å². The van der Waals surface area contributed by atoms with E-state index in [1.165, 1.54) is 6.08 Å². The molecule has 3 aliphatic heterocycles. The van der Waals surface area contributed by atoms with Crippen LogP contribution in [0, 0.1) is 0 Å². The number of nitrogens with one attached hydrogen (secondary N) is 1. The van der Waals surface area contributed by atoms with Crippen molar-refractivity contribution in [3.63, 3.8) is 0 Å². The Labute approximate surface area is 72.0 Å². The molecule has 5 heteroatoms. The molecular weight excluding hydrogens is 174 g/mol. The van der Waals surface area contributed by atoms with Gasteiger partial charge in [0.2, 0.25) is 5.78 Å². The van der Waals surface area contributed by atoms with Gasteiger partial charge in [-0.2, -0.15) is 0 Å². The number of amides is 2. The van der Waals surface area contributed by atoms with Crippen molar-refractivity contribution in [3.8, 4) is 0 Å². The average Bonchev–Trinajstić information content (AvgIpc) is 2.64. The molecule has 0 aromatic carbocycles. The first-order valence-electron chi connectivity index (χ1n) is 3.71. The Morgan fingerprint density at radius 1 is 1.23 bits per heavy atom. The topological polar surface area (TPSA) is 72.5 Å². The maximum absolute atomic E-state index is 11.2. The minimum absolute atomic E-state index is 0.174. The summed E-state index contributed by atoms with van der Waals surface area (Å²) in [6.45, 7) is 0. The van der Waals surface area contributed by atoms with Crippen molar-refractivity contribution in [2.45, 2.75) is 6.10 Å². The average molecular weight is 177 g/mol. The van der Waals surface area contributed by atoms with Crippen LogP contribution in [-0.4, -0.2) is 23.7 Å². The van der Waals surface area contributed by atoms with E-state index in [2.05, 4.69) is 5.32 Å².